The van der Waals surface area contributed by atoms with Gasteiger partial charge in [0.1, 0.15) is 0 Å². The fourth-order valence-corrected chi connectivity index (χ4v) is 0.992. The quantitative estimate of drug-likeness (QED) is 0.613. The molecule has 0 amide bonds. The van der Waals surface area contributed by atoms with Crippen molar-refractivity contribution in [3.63, 3.8) is 0 Å². The van der Waals surface area contributed by atoms with Crippen LogP contribution in [0, 0.1) is 5.41 Å². The Morgan fingerprint density at radius 3 is 2.09 bits per heavy atom. The van der Waals surface area contributed by atoms with Crippen LogP contribution in [0.15, 0.2) is 0 Å². The lowest BCUT2D eigenvalue weighted by Gasteiger charge is -2.31. The van der Waals surface area contributed by atoms with E-state index in [4.69, 9.17) is 9.47 Å². The Hall–Kier alpha value is -0.0800. The first-order chi connectivity index (χ1) is 5.08. The van der Waals surface area contributed by atoms with E-state index in [1.54, 1.807) is 14.2 Å². The summed E-state index contributed by atoms with van der Waals surface area (Å²) < 4.78 is 10.4. The maximum absolute atomic E-state index is 5.32. The maximum atomic E-state index is 5.32. The lowest BCUT2D eigenvalue weighted by atomic mass is 9.84. The second kappa shape index (κ2) is 4.73. The second-order valence-corrected chi connectivity index (χ2v) is 3.52. The fraction of sp³-hybridized carbons (Fsp3) is 1.00. The second-order valence-electron chi connectivity index (χ2n) is 3.52. The van der Waals surface area contributed by atoms with Crippen molar-refractivity contribution in [3.05, 3.63) is 0 Å². The molecule has 0 saturated carbocycles. The van der Waals surface area contributed by atoms with Crippen molar-refractivity contribution in [1.82, 2.24) is 0 Å². The number of methoxy groups -OCH3 is 2. The summed E-state index contributed by atoms with van der Waals surface area (Å²) in [7, 11) is 3.44. The predicted octanol–water partition coefficient (Wildman–Crippen LogP) is 2.08. The van der Waals surface area contributed by atoms with Crippen molar-refractivity contribution in [2.75, 3.05) is 20.8 Å². The van der Waals surface area contributed by atoms with Crippen molar-refractivity contribution in [2.24, 2.45) is 5.41 Å². The van der Waals surface area contributed by atoms with Gasteiger partial charge in [-0.2, -0.15) is 0 Å². The van der Waals surface area contributed by atoms with Gasteiger partial charge >= 0.3 is 0 Å². The molecule has 0 heterocycles. The molecule has 2 nitrogen and oxygen atoms in total. The van der Waals surface area contributed by atoms with Crippen molar-refractivity contribution in [1.29, 1.82) is 0 Å². The molecule has 68 valence electrons. The standard InChI is InChI=1S/C9H20O2/c1-6-9(2,3)8(11-5)7-10-4/h8H,6-7H2,1-5H3. The van der Waals surface area contributed by atoms with Crippen LogP contribution in [0.5, 0.6) is 0 Å². The molecule has 0 N–H and O–H groups in total. The highest BCUT2D eigenvalue weighted by Gasteiger charge is 2.27. The summed E-state index contributed by atoms with van der Waals surface area (Å²) in [6.07, 6.45) is 1.31. The van der Waals surface area contributed by atoms with Crippen LogP contribution in [0.1, 0.15) is 27.2 Å². The molecule has 0 radical (unpaired) electrons. The van der Waals surface area contributed by atoms with Crippen LogP contribution in [0.4, 0.5) is 0 Å². The molecule has 0 aromatic carbocycles. The Bertz CT molecular complexity index is 99.7. The molecule has 1 unspecified atom stereocenters. The van der Waals surface area contributed by atoms with Gasteiger partial charge < -0.3 is 9.47 Å². The Morgan fingerprint density at radius 2 is 1.82 bits per heavy atom. The molecule has 1 atom stereocenters. The molecule has 0 rings (SSSR count). The van der Waals surface area contributed by atoms with Crippen molar-refractivity contribution >= 4 is 0 Å². The third-order valence-electron chi connectivity index (χ3n) is 2.39. The minimum absolute atomic E-state index is 0.206. The lowest BCUT2D eigenvalue weighted by molar-refractivity contribution is -0.0435. The zero-order valence-corrected chi connectivity index (χ0v) is 8.31. The molecule has 0 aliphatic heterocycles. The summed E-state index contributed by atoms with van der Waals surface area (Å²) in [6.45, 7) is 7.24. The molecule has 2 heteroatoms. The van der Waals surface area contributed by atoms with E-state index >= 15 is 0 Å². The van der Waals surface area contributed by atoms with Gasteiger partial charge in [-0.05, 0) is 11.8 Å². The average Bonchev–Trinajstić information content (AvgIpc) is 2.00. The highest BCUT2D eigenvalue weighted by Crippen LogP contribution is 2.26. The average molecular weight is 160 g/mol. The smallest absolute Gasteiger partial charge is 0.0855 e. The van der Waals surface area contributed by atoms with E-state index < -0.39 is 0 Å². The van der Waals surface area contributed by atoms with Gasteiger partial charge in [-0.15, -0.1) is 0 Å². The molecule has 0 fully saturated rings. The zero-order chi connectivity index (χ0) is 8.91. The SMILES string of the molecule is CCC(C)(C)C(COC)OC. The van der Waals surface area contributed by atoms with Gasteiger partial charge in [-0.1, -0.05) is 20.8 Å². The van der Waals surface area contributed by atoms with Crippen LogP contribution < -0.4 is 0 Å². The molecular formula is C9H20O2. The lowest BCUT2D eigenvalue weighted by Crippen LogP contribution is -2.34. The monoisotopic (exact) mass is 160 g/mol. The largest absolute Gasteiger partial charge is 0.382 e. The summed E-state index contributed by atoms with van der Waals surface area (Å²) in [5.41, 5.74) is 0.213. The third kappa shape index (κ3) is 3.21. The van der Waals surface area contributed by atoms with E-state index in [-0.39, 0.29) is 11.5 Å². The van der Waals surface area contributed by atoms with Crippen LogP contribution in [0.2, 0.25) is 0 Å². The first-order valence-electron chi connectivity index (χ1n) is 4.10. The van der Waals surface area contributed by atoms with Crippen molar-refractivity contribution in [2.45, 2.75) is 33.3 Å². The van der Waals surface area contributed by atoms with Crippen LogP contribution in [0.3, 0.4) is 0 Å². The first kappa shape index (κ1) is 10.9. The van der Waals surface area contributed by atoms with Crippen LogP contribution >= 0.6 is 0 Å². The Balaban J connectivity index is 3.99. The predicted molar refractivity (Wildman–Crippen MR) is 46.7 cm³/mol. The van der Waals surface area contributed by atoms with E-state index in [0.717, 1.165) is 6.42 Å². The van der Waals surface area contributed by atoms with E-state index in [1.807, 2.05) is 0 Å². The van der Waals surface area contributed by atoms with E-state index in [1.165, 1.54) is 0 Å². The van der Waals surface area contributed by atoms with Crippen LogP contribution in [0.25, 0.3) is 0 Å². The topological polar surface area (TPSA) is 18.5 Å². The van der Waals surface area contributed by atoms with Crippen molar-refractivity contribution < 1.29 is 9.47 Å². The number of hydrogen-bond donors (Lipinski definition) is 0. The Labute approximate surface area is 69.9 Å². The number of rotatable bonds is 5. The molecule has 0 aromatic heterocycles. The van der Waals surface area contributed by atoms with E-state index in [2.05, 4.69) is 20.8 Å². The summed E-state index contributed by atoms with van der Waals surface area (Å²) in [4.78, 5) is 0. The van der Waals surface area contributed by atoms with Gasteiger partial charge in [0.15, 0.2) is 0 Å². The molecule has 0 bridgehead atoms. The summed E-state index contributed by atoms with van der Waals surface area (Å²) in [6, 6.07) is 0. The molecule has 0 aliphatic carbocycles. The van der Waals surface area contributed by atoms with E-state index in [0.29, 0.717) is 6.61 Å². The first-order valence-corrected chi connectivity index (χ1v) is 4.10. The van der Waals surface area contributed by atoms with Gasteiger partial charge in [-0.25, -0.2) is 0 Å². The number of ether oxygens (including phenoxy) is 2. The minimum Gasteiger partial charge on any atom is -0.382 e. The van der Waals surface area contributed by atoms with Gasteiger partial charge in [0.25, 0.3) is 0 Å². The normalized spacial score (nSPS) is 15.0. The molecule has 0 aliphatic rings. The van der Waals surface area contributed by atoms with Gasteiger partial charge in [-0.3, -0.25) is 0 Å². The minimum atomic E-state index is 0.206. The Morgan fingerprint density at radius 1 is 1.27 bits per heavy atom. The zero-order valence-electron chi connectivity index (χ0n) is 8.31. The maximum Gasteiger partial charge on any atom is 0.0855 e. The molecule has 0 aromatic rings. The third-order valence-corrected chi connectivity index (χ3v) is 2.39. The Kier molecular flexibility index (Phi) is 4.69. The van der Waals surface area contributed by atoms with Gasteiger partial charge in [0.2, 0.25) is 0 Å². The fourth-order valence-electron chi connectivity index (χ4n) is 0.992. The molecule has 0 spiro atoms. The highest BCUT2D eigenvalue weighted by atomic mass is 16.5. The highest BCUT2D eigenvalue weighted by molar-refractivity contribution is 4.76. The molecular weight excluding hydrogens is 140 g/mol. The van der Waals surface area contributed by atoms with E-state index in [9.17, 15) is 0 Å². The van der Waals surface area contributed by atoms with Crippen molar-refractivity contribution in [3.8, 4) is 0 Å². The van der Waals surface area contributed by atoms with Crippen LogP contribution in [-0.2, 0) is 9.47 Å². The summed E-state index contributed by atoms with van der Waals surface area (Å²) in [5.74, 6) is 0. The van der Waals surface area contributed by atoms with Crippen LogP contribution in [-0.4, -0.2) is 26.9 Å². The number of hydrogen-bond acceptors (Lipinski definition) is 2. The molecule has 0 saturated heterocycles. The van der Waals surface area contributed by atoms with Gasteiger partial charge in [0, 0.05) is 14.2 Å². The van der Waals surface area contributed by atoms with Gasteiger partial charge in [0.05, 0.1) is 12.7 Å². The summed E-state index contributed by atoms with van der Waals surface area (Å²) >= 11 is 0. The summed E-state index contributed by atoms with van der Waals surface area (Å²) in [5, 5.41) is 0. The molecule has 11 heavy (non-hydrogen) atoms.